The second-order valence-electron chi connectivity index (χ2n) is 14.4. The van der Waals surface area contributed by atoms with E-state index in [4.69, 9.17) is 0 Å². The van der Waals surface area contributed by atoms with Crippen molar-refractivity contribution in [3.63, 3.8) is 0 Å². The molecular weight excluding hydrogens is 945 g/mol. The van der Waals surface area contributed by atoms with Crippen LogP contribution in [0.3, 0.4) is 0 Å². The second kappa shape index (κ2) is 16.9. The molecule has 12 aromatic rings. The summed E-state index contributed by atoms with van der Waals surface area (Å²) in [5.74, 6) is 0. The van der Waals surface area contributed by atoms with Crippen molar-refractivity contribution in [2.45, 2.75) is 0 Å². The minimum Gasteiger partial charge on any atom is -0.134 e. The molecule has 0 amide bonds. The van der Waals surface area contributed by atoms with Gasteiger partial charge in [-0.25, -0.2) is 0 Å². The maximum atomic E-state index is 2.30. The highest BCUT2D eigenvalue weighted by molar-refractivity contribution is 7.32. The van der Waals surface area contributed by atoms with Crippen molar-refractivity contribution in [2.75, 3.05) is 0 Å². The number of benzene rings is 2. The summed E-state index contributed by atoms with van der Waals surface area (Å²) in [6.45, 7) is 0. The van der Waals surface area contributed by atoms with Crippen molar-refractivity contribution in [1.29, 1.82) is 0 Å². The average molecular weight is 975 g/mol. The van der Waals surface area contributed by atoms with Gasteiger partial charge in [-0.15, -0.1) is 113 Å². The molecule has 12 rings (SSSR count). The van der Waals surface area contributed by atoms with Gasteiger partial charge >= 0.3 is 0 Å². The Morgan fingerprint density at radius 1 is 0.129 bits per heavy atom. The van der Waals surface area contributed by atoms with Crippen LogP contribution in [0.5, 0.6) is 0 Å². The first kappa shape index (κ1) is 39.1. The summed E-state index contributed by atoms with van der Waals surface area (Å²) in [7, 11) is 0. The van der Waals surface area contributed by atoms with Crippen LogP contribution in [0.2, 0.25) is 0 Å². The van der Waals surface area contributed by atoms with E-state index in [1.807, 2.05) is 113 Å². The highest BCUT2D eigenvalue weighted by atomic mass is 32.1. The normalized spacial score (nSPS) is 11.5. The molecule has 0 spiro atoms. The van der Waals surface area contributed by atoms with Crippen LogP contribution in [0.1, 0.15) is 0 Å². The van der Waals surface area contributed by atoms with Crippen LogP contribution in [0, 0.1) is 0 Å². The molecule has 0 aliphatic rings. The van der Waals surface area contributed by atoms with Crippen LogP contribution in [-0.4, -0.2) is 0 Å². The van der Waals surface area contributed by atoms with Gasteiger partial charge in [0.2, 0.25) is 0 Å². The molecule has 0 fully saturated rings. The Balaban J connectivity index is 0.705. The van der Waals surface area contributed by atoms with E-state index < -0.39 is 0 Å². The SMILES string of the molecule is c1ccc(-c2ccc(-c3ccc(-c4ccc(-c5ccc(-c6ccc(-c7ccc(-c8ccc(-c9ccc(-c%10ccc(-c%11ccc(-c%12ccccc%12)s%11)s%10)s9)s8)s7)s6)s5)s4)s3)s2)cc1. The van der Waals surface area contributed by atoms with Gasteiger partial charge < -0.3 is 0 Å². The Kier molecular flexibility index (Phi) is 10.6. The molecule has 10 heteroatoms. The van der Waals surface area contributed by atoms with E-state index in [9.17, 15) is 0 Å². The first-order valence-electron chi connectivity index (χ1n) is 19.8. The van der Waals surface area contributed by atoms with Gasteiger partial charge in [0.25, 0.3) is 0 Å². The van der Waals surface area contributed by atoms with Crippen LogP contribution >= 0.6 is 113 Å². The van der Waals surface area contributed by atoms with Crippen LogP contribution < -0.4 is 0 Å². The summed E-state index contributed by atoms with van der Waals surface area (Å²) < 4.78 is 0. The fourth-order valence-corrected chi connectivity index (χ4v) is 18.2. The molecule has 0 nitrogen and oxygen atoms in total. The van der Waals surface area contributed by atoms with E-state index in [0.29, 0.717) is 0 Å². The molecule has 2 aromatic carbocycles. The minimum atomic E-state index is 1.28. The standard InChI is InChI=1S/C52H30S10/c1-3-7-31(8-4-1)33-11-13-35(53-33)37-15-17-39(55-37)41-19-21-43(57-41)45-23-25-47(59-45)49-27-29-51(61-49)52-30-28-50(62-52)48-26-24-46(60-48)44-22-20-42(58-44)40-18-16-38(56-40)36-14-12-34(54-36)32-9-5-2-6-10-32/h1-30H. The minimum absolute atomic E-state index is 1.28. The Morgan fingerprint density at radius 3 is 0.419 bits per heavy atom. The summed E-state index contributed by atoms with van der Waals surface area (Å²) >= 11 is 18.9. The van der Waals surface area contributed by atoms with Crippen molar-refractivity contribution in [3.05, 3.63) is 182 Å². The molecule has 0 bridgehead atoms. The van der Waals surface area contributed by atoms with Gasteiger partial charge in [0.05, 0.1) is 0 Å². The topological polar surface area (TPSA) is 0 Å². The Labute approximate surface area is 399 Å². The fraction of sp³-hybridized carbons (Fsp3) is 0. The van der Waals surface area contributed by atoms with Crippen molar-refractivity contribution < 1.29 is 0 Å². The molecule has 0 saturated carbocycles. The van der Waals surface area contributed by atoms with Crippen molar-refractivity contribution in [2.24, 2.45) is 0 Å². The number of hydrogen-bond acceptors (Lipinski definition) is 10. The maximum Gasteiger partial charge on any atom is 0.0449 e. The summed E-state index contributed by atoms with van der Waals surface area (Å²) in [6, 6.07) is 67.0. The predicted octanol–water partition coefficient (Wildman–Crippen LogP) is 20.6. The smallest absolute Gasteiger partial charge is 0.0449 e. The van der Waals surface area contributed by atoms with Gasteiger partial charge in [-0.3, -0.25) is 0 Å². The molecule has 10 heterocycles. The average Bonchev–Trinajstić information content (AvgIpc) is 4.17. The van der Waals surface area contributed by atoms with Gasteiger partial charge in [0.15, 0.2) is 0 Å². The lowest BCUT2D eigenvalue weighted by molar-refractivity contribution is 1.70. The fourth-order valence-electron chi connectivity index (χ4n) is 7.28. The molecule has 298 valence electrons. The first-order chi connectivity index (χ1) is 30.6. The molecule has 0 aliphatic heterocycles. The molecule has 10 aromatic heterocycles. The first-order valence-corrected chi connectivity index (χ1v) is 27.9. The maximum absolute atomic E-state index is 2.30. The lowest BCUT2D eigenvalue weighted by Gasteiger charge is -1.95. The Hall–Kier alpha value is -4.56. The highest BCUT2D eigenvalue weighted by Gasteiger charge is 2.17. The Morgan fingerprint density at radius 2 is 0.258 bits per heavy atom. The van der Waals surface area contributed by atoms with Crippen LogP contribution in [0.15, 0.2) is 182 Å². The largest absolute Gasteiger partial charge is 0.134 e. The van der Waals surface area contributed by atoms with Gasteiger partial charge in [0, 0.05) is 97.5 Å². The molecule has 0 aliphatic carbocycles. The second-order valence-corrected chi connectivity index (χ2v) is 25.2. The van der Waals surface area contributed by atoms with E-state index in [2.05, 4.69) is 182 Å². The molecule has 0 N–H and O–H groups in total. The zero-order valence-corrected chi connectivity index (χ0v) is 40.6. The lowest BCUT2D eigenvalue weighted by atomic mass is 10.2. The third kappa shape index (κ3) is 7.77. The van der Waals surface area contributed by atoms with Crippen molar-refractivity contribution in [1.82, 2.24) is 0 Å². The van der Waals surface area contributed by atoms with Crippen molar-refractivity contribution in [3.8, 4) is 109 Å². The van der Waals surface area contributed by atoms with E-state index >= 15 is 0 Å². The van der Waals surface area contributed by atoms with Crippen LogP contribution in [0.4, 0.5) is 0 Å². The summed E-state index contributed by atoms with van der Waals surface area (Å²) in [6.07, 6.45) is 0. The number of thiophene rings is 10. The third-order valence-corrected chi connectivity index (χ3v) is 23.1. The summed E-state index contributed by atoms with van der Waals surface area (Å²) in [5.41, 5.74) is 2.56. The number of rotatable bonds is 11. The van der Waals surface area contributed by atoms with E-state index in [-0.39, 0.29) is 0 Å². The quantitative estimate of drug-likeness (QED) is 0.121. The predicted molar refractivity (Wildman–Crippen MR) is 285 cm³/mol. The van der Waals surface area contributed by atoms with Gasteiger partial charge in [0.1, 0.15) is 0 Å². The molecule has 62 heavy (non-hydrogen) atoms. The van der Waals surface area contributed by atoms with Crippen LogP contribution in [0.25, 0.3) is 109 Å². The summed E-state index contributed by atoms with van der Waals surface area (Å²) in [5, 5.41) is 0. The monoisotopic (exact) mass is 974 g/mol. The van der Waals surface area contributed by atoms with Gasteiger partial charge in [-0.2, -0.15) is 0 Å². The van der Waals surface area contributed by atoms with E-state index in [1.54, 1.807) is 0 Å². The zero-order chi connectivity index (χ0) is 41.0. The van der Waals surface area contributed by atoms with Crippen molar-refractivity contribution >= 4 is 113 Å². The molecular formula is C52H30S10. The molecule has 0 atom stereocenters. The molecule has 0 radical (unpaired) electrons. The lowest BCUT2D eigenvalue weighted by Crippen LogP contribution is -1.67. The third-order valence-electron chi connectivity index (χ3n) is 10.4. The molecule has 0 saturated heterocycles. The van der Waals surface area contributed by atoms with Crippen LogP contribution in [-0.2, 0) is 0 Å². The van der Waals surface area contributed by atoms with Gasteiger partial charge in [-0.1, -0.05) is 60.7 Å². The van der Waals surface area contributed by atoms with E-state index in [0.717, 1.165) is 0 Å². The zero-order valence-electron chi connectivity index (χ0n) is 32.4. The Bertz CT molecular complexity index is 3200. The molecule has 0 unspecified atom stereocenters. The van der Waals surface area contributed by atoms with E-state index in [1.165, 1.54) is 109 Å². The number of hydrogen-bond donors (Lipinski definition) is 0. The van der Waals surface area contributed by atoms with Gasteiger partial charge in [-0.05, 0) is 132 Å². The summed E-state index contributed by atoms with van der Waals surface area (Å²) in [4.78, 5) is 26.5. The highest BCUT2D eigenvalue weighted by Crippen LogP contribution is 2.49.